The number of benzene rings is 1. The van der Waals surface area contributed by atoms with E-state index in [1.165, 1.54) is 0 Å². The lowest BCUT2D eigenvalue weighted by Crippen LogP contribution is -2.27. The second-order valence-electron chi connectivity index (χ2n) is 5.88. The van der Waals surface area contributed by atoms with Crippen LogP contribution in [-0.4, -0.2) is 44.3 Å². The number of aliphatic hydroxyl groups excluding tert-OH is 1. The molecule has 0 spiro atoms. The lowest BCUT2D eigenvalue weighted by Gasteiger charge is -2.19. The molecule has 2 aromatic rings. The van der Waals surface area contributed by atoms with Crippen molar-refractivity contribution in [2.75, 3.05) is 13.1 Å². The molecule has 3 N–H and O–H groups in total. The van der Waals surface area contributed by atoms with Gasteiger partial charge in [0.2, 0.25) is 0 Å². The number of carboxylic acids is 1. The van der Waals surface area contributed by atoms with Crippen LogP contribution in [0.4, 0.5) is 0 Å². The van der Waals surface area contributed by atoms with Crippen molar-refractivity contribution in [1.82, 2.24) is 20.3 Å². The van der Waals surface area contributed by atoms with Crippen LogP contribution < -0.4 is 5.32 Å². The van der Waals surface area contributed by atoms with Crippen LogP contribution in [0.15, 0.2) is 30.5 Å². The monoisotopic (exact) mass is 316 g/mol. The van der Waals surface area contributed by atoms with Crippen molar-refractivity contribution in [1.29, 1.82) is 0 Å². The van der Waals surface area contributed by atoms with Gasteiger partial charge in [-0.15, -0.1) is 5.10 Å². The van der Waals surface area contributed by atoms with Crippen LogP contribution in [0, 0.1) is 11.8 Å². The molecule has 2 heterocycles. The van der Waals surface area contributed by atoms with Crippen molar-refractivity contribution in [3.63, 3.8) is 0 Å². The third-order valence-electron chi connectivity index (χ3n) is 4.32. The Bertz CT molecular complexity index is 679. The highest BCUT2D eigenvalue weighted by Gasteiger charge is 2.30. The average Bonchev–Trinajstić information content (AvgIpc) is 3.24. The zero-order chi connectivity index (χ0) is 16.2. The summed E-state index contributed by atoms with van der Waals surface area (Å²) >= 11 is 0. The Morgan fingerprint density at radius 1 is 1.48 bits per heavy atom. The first kappa shape index (κ1) is 15.6. The van der Waals surface area contributed by atoms with Gasteiger partial charge in [0.1, 0.15) is 5.69 Å². The number of hydrogen-bond donors (Lipinski definition) is 3. The van der Waals surface area contributed by atoms with Crippen molar-refractivity contribution in [2.24, 2.45) is 11.8 Å². The fourth-order valence-corrected chi connectivity index (χ4v) is 3.05. The normalized spacial score (nSPS) is 18.9. The first-order chi connectivity index (χ1) is 11.2. The second-order valence-corrected chi connectivity index (χ2v) is 5.88. The van der Waals surface area contributed by atoms with Crippen LogP contribution in [0.25, 0.3) is 5.69 Å². The molecule has 0 aliphatic carbocycles. The number of hydrogen-bond acceptors (Lipinski definition) is 5. The van der Waals surface area contributed by atoms with Gasteiger partial charge in [0.25, 0.3) is 0 Å². The molecule has 1 aliphatic heterocycles. The van der Waals surface area contributed by atoms with Crippen molar-refractivity contribution in [2.45, 2.75) is 19.4 Å². The number of nitrogens with one attached hydrogen (secondary N) is 1. The molecule has 0 bridgehead atoms. The molecule has 7 heteroatoms. The molecule has 23 heavy (non-hydrogen) atoms. The van der Waals surface area contributed by atoms with E-state index in [-0.39, 0.29) is 18.4 Å². The van der Waals surface area contributed by atoms with Crippen molar-refractivity contribution >= 4 is 5.97 Å². The van der Waals surface area contributed by atoms with E-state index in [2.05, 4.69) is 15.6 Å². The summed E-state index contributed by atoms with van der Waals surface area (Å²) in [6.45, 7) is 1.49. The van der Waals surface area contributed by atoms with Gasteiger partial charge in [0.15, 0.2) is 0 Å². The van der Waals surface area contributed by atoms with Gasteiger partial charge in [-0.1, -0.05) is 17.3 Å². The molecular formula is C16H20N4O3. The minimum absolute atomic E-state index is 0.157. The molecule has 122 valence electrons. The number of nitrogens with zero attached hydrogens (tertiary/aromatic N) is 3. The van der Waals surface area contributed by atoms with Crippen molar-refractivity contribution < 1.29 is 15.0 Å². The minimum atomic E-state index is -0.743. The molecule has 3 rings (SSSR count). The molecule has 1 unspecified atom stereocenters. The van der Waals surface area contributed by atoms with E-state index in [1.54, 1.807) is 10.9 Å². The van der Waals surface area contributed by atoms with Crippen molar-refractivity contribution in [3.8, 4) is 5.69 Å². The van der Waals surface area contributed by atoms with E-state index >= 15 is 0 Å². The van der Waals surface area contributed by atoms with Gasteiger partial charge in [0.05, 0.1) is 24.4 Å². The molecule has 1 fully saturated rings. The fraction of sp³-hybridized carbons (Fsp3) is 0.438. The molecule has 1 aromatic heterocycles. The summed E-state index contributed by atoms with van der Waals surface area (Å²) in [6, 6.07) is 7.63. The molecule has 2 atom stereocenters. The Labute approximate surface area is 133 Å². The van der Waals surface area contributed by atoms with Gasteiger partial charge in [-0.05, 0) is 49.5 Å². The lowest BCUT2D eigenvalue weighted by molar-refractivity contribution is -0.143. The maximum Gasteiger partial charge on any atom is 0.307 e. The zero-order valence-corrected chi connectivity index (χ0v) is 12.7. The van der Waals surface area contributed by atoms with E-state index in [0.717, 1.165) is 30.8 Å². The summed E-state index contributed by atoms with van der Waals surface area (Å²) in [6.07, 6.45) is 3.06. The van der Waals surface area contributed by atoms with Crippen LogP contribution in [0.3, 0.4) is 0 Å². The number of aliphatic carboxylic acids is 1. The summed E-state index contributed by atoms with van der Waals surface area (Å²) < 4.78 is 1.59. The third-order valence-corrected chi connectivity index (χ3v) is 4.32. The summed E-state index contributed by atoms with van der Waals surface area (Å²) in [4.78, 5) is 11.6. The second kappa shape index (κ2) is 6.89. The number of aliphatic hydroxyl groups is 1. The third kappa shape index (κ3) is 3.57. The highest BCUT2D eigenvalue weighted by Crippen LogP contribution is 2.24. The Kier molecular flexibility index (Phi) is 4.68. The summed E-state index contributed by atoms with van der Waals surface area (Å²) in [5.74, 6) is -0.958. The molecule has 7 nitrogen and oxygen atoms in total. The predicted molar refractivity (Wildman–Crippen MR) is 83.1 cm³/mol. The van der Waals surface area contributed by atoms with Gasteiger partial charge in [-0.25, -0.2) is 4.68 Å². The van der Waals surface area contributed by atoms with Crippen molar-refractivity contribution in [3.05, 3.63) is 41.7 Å². The summed E-state index contributed by atoms with van der Waals surface area (Å²) in [5.41, 5.74) is 2.27. The molecule has 1 aliphatic rings. The Balaban J connectivity index is 1.79. The van der Waals surface area contributed by atoms with Gasteiger partial charge < -0.3 is 15.5 Å². The smallest absolute Gasteiger partial charge is 0.307 e. The lowest BCUT2D eigenvalue weighted by atomic mass is 9.86. The first-order valence-corrected chi connectivity index (χ1v) is 7.72. The Morgan fingerprint density at radius 2 is 2.35 bits per heavy atom. The van der Waals surface area contributed by atoms with Crippen LogP contribution in [-0.2, 0) is 17.8 Å². The summed E-state index contributed by atoms with van der Waals surface area (Å²) in [5, 5.41) is 29.7. The SMILES string of the molecule is O=C(O)C(Cc1cccc(-n2cc(CO)nn2)c1)[C@H]1CCNC1. The largest absolute Gasteiger partial charge is 0.481 e. The topological polar surface area (TPSA) is 100 Å². The Morgan fingerprint density at radius 3 is 3.00 bits per heavy atom. The number of aromatic nitrogens is 3. The fourth-order valence-electron chi connectivity index (χ4n) is 3.05. The maximum atomic E-state index is 11.6. The van der Waals surface area contributed by atoms with E-state index in [9.17, 15) is 9.90 Å². The van der Waals surface area contributed by atoms with Gasteiger partial charge in [-0.3, -0.25) is 4.79 Å². The first-order valence-electron chi connectivity index (χ1n) is 7.72. The quantitative estimate of drug-likeness (QED) is 0.722. The number of rotatable bonds is 6. The van der Waals surface area contributed by atoms with E-state index in [1.807, 2.05) is 24.3 Å². The van der Waals surface area contributed by atoms with Crippen LogP contribution in [0.5, 0.6) is 0 Å². The minimum Gasteiger partial charge on any atom is -0.481 e. The average molecular weight is 316 g/mol. The molecule has 0 radical (unpaired) electrons. The van der Waals surface area contributed by atoms with E-state index in [4.69, 9.17) is 5.11 Å². The molecule has 0 saturated carbocycles. The highest BCUT2D eigenvalue weighted by atomic mass is 16.4. The summed E-state index contributed by atoms with van der Waals surface area (Å²) in [7, 11) is 0. The standard InChI is InChI=1S/C16H20N4O3/c21-10-13-9-20(19-18-13)14-3-1-2-11(6-14)7-15(16(22)23)12-4-5-17-8-12/h1-3,6,9,12,15,17,21H,4-5,7-8,10H2,(H,22,23)/t12-,15?/m0/s1. The van der Waals surface area contributed by atoms with Crippen LogP contribution >= 0.6 is 0 Å². The van der Waals surface area contributed by atoms with Crippen LogP contribution in [0.2, 0.25) is 0 Å². The number of carbonyl (C=O) groups is 1. The molecule has 1 saturated heterocycles. The molecular weight excluding hydrogens is 296 g/mol. The number of carboxylic acid groups (broad SMARTS) is 1. The maximum absolute atomic E-state index is 11.6. The van der Waals surface area contributed by atoms with E-state index < -0.39 is 5.97 Å². The molecule has 1 aromatic carbocycles. The highest BCUT2D eigenvalue weighted by molar-refractivity contribution is 5.71. The van der Waals surface area contributed by atoms with Gasteiger partial charge >= 0.3 is 5.97 Å². The predicted octanol–water partition coefficient (Wildman–Crippen LogP) is 0.612. The molecule has 0 amide bonds. The van der Waals surface area contributed by atoms with Gasteiger partial charge in [0, 0.05) is 0 Å². The Hall–Kier alpha value is -2.25. The van der Waals surface area contributed by atoms with Crippen LogP contribution in [0.1, 0.15) is 17.7 Å². The van der Waals surface area contributed by atoms with Gasteiger partial charge in [-0.2, -0.15) is 0 Å². The van der Waals surface area contributed by atoms with E-state index in [0.29, 0.717) is 12.1 Å². The zero-order valence-electron chi connectivity index (χ0n) is 12.7.